The van der Waals surface area contributed by atoms with E-state index in [1.54, 1.807) is 0 Å². The summed E-state index contributed by atoms with van der Waals surface area (Å²) in [6.07, 6.45) is 2.32. The molecule has 0 spiro atoms. The molecule has 2 atom stereocenters. The molecule has 2 saturated heterocycles. The number of nitrogens with zero attached hydrogens (tertiary/aromatic N) is 3. The third-order valence-electron chi connectivity index (χ3n) is 8.09. The smallest absolute Gasteiger partial charge is 0.231 e. The quantitative estimate of drug-likeness (QED) is 0.435. The minimum Gasteiger partial charge on any atom is -0.454 e. The molecule has 1 aromatic heterocycles. The molecule has 2 aromatic carbocycles. The number of carbonyl (C=O) groups excluding carboxylic acids is 1. The third kappa shape index (κ3) is 6.54. The number of amides is 1. The van der Waals surface area contributed by atoms with Gasteiger partial charge in [0.05, 0.1) is 12.2 Å². The van der Waals surface area contributed by atoms with Gasteiger partial charge in [0, 0.05) is 50.9 Å². The van der Waals surface area contributed by atoms with Gasteiger partial charge in [-0.05, 0) is 67.6 Å². The van der Waals surface area contributed by atoms with E-state index < -0.39 is 0 Å². The van der Waals surface area contributed by atoms with E-state index in [1.165, 1.54) is 5.69 Å². The van der Waals surface area contributed by atoms with Crippen molar-refractivity contribution in [3.05, 3.63) is 71.6 Å². The number of para-hydroxylation sites is 1. The average molecular weight is 532 g/mol. The topological polar surface area (TPSA) is 92.1 Å². The Balaban J connectivity index is 0.970. The van der Waals surface area contributed by atoms with Crippen LogP contribution < -0.4 is 25.0 Å². The molecular weight excluding hydrogens is 494 g/mol. The van der Waals surface area contributed by atoms with Crippen LogP contribution in [0.25, 0.3) is 0 Å². The Hall–Kier alpha value is -3.56. The maximum absolute atomic E-state index is 12.8. The second kappa shape index (κ2) is 12.1. The molecule has 9 nitrogen and oxygen atoms in total. The van der Waals surface area contributed by atoms with Gasteiger partial charge >= 0.3 is 0 Å². The molecule has 1 amide bonds. The summed E-state index contributed by atoms with van der Waals surface area (Å²) in [4.78, 5) is 17.7. The van der Waals surface area contributed by atoms with E-state index in [1.807, 2.05) is 18.2 Å². The number of carbonyl (C=O) groups is 1. The van der Waals surface area contributed by atoms with Gasteiger partial charge in [-0.15, -0.1) is 0 Å². The number of anilines is 1. The van der Waals surface area contributed by atoms with Crippen molar-refractivity contribution >= 4 is 11.6 Å². The Morgan fingerprint density at radius 1 is 1.00 bits per heavy atom. The lowest BCUT2D eigenvalue weighted by molar-refractivity contribution is -0.122. The molecular formula is C30H37N5O4. The largest absolute Gasteiger partial charge is 0.454 e. The molecule has 2 N–H and O–H groups in total. The zero-order chi connectivity index (χ0) is 26.4. The highest BCUT2D eigenvalue weighted by Gasteiger charge is 2.28. The van der Waals surface area contributed by atoms with Crippen molar-refractivity contribution in [2.45, 2.75) is 32.4 Å². The van der Waals surface area contributed by atoms with E-state index in [0.29, 0.717) is 24.8 Å². The highest BCUT2D eigenvalue weighted by atomic mass is 16.7. The van der Waals surface area contributed by atoms with E-state index in [9.17, 15) is 4.79 Å². The molecule has 0 radical (unpaired) electrons. The number of aromatic nitrogens is 1. The molecule has 206 valence electrons. The normalized spacial score (nSPS) is 21.2. The third-order valence-corrected chi connectivity index (χ3v) is 8.09. The predicted molar refractivity (Wildman–Crippen MR) is 148 cm³/mol. The molecule has 2 fully saturated rings. The van der Waals surface area contributed by atoms with Gasteiger partial charge in [-0.25, -0.2) is 0 Å². The van der Waals surface area contributed by atoms with Crippen LogP contribution in [0, 0.1) is 11.8 Å². The van der Waals surface area contributed by atoms with E-state index in [0.717, 1.165) is 87.2 Å². The van der Waals surface area contributed by atoms with Gasteiger partial charge in [0.2, 0.25) is 12.7 Å². The Labute approximate surface area is 229 Å². The summed E-state index contributed by atoms with van der Waals surface area (Å²) in [6, 6.07) is 18.5. The molecule has 9 heteroatoms. The number of fused-ring (bicyclic) bond motifs is 1. The summed E-state index contributed by atoms with van der Waals surface area (Å²) in [6.45, 7) is 7.37. The molecule has 3 aliphatic rings. The minimum atomic E-state index is 0.0834. The zero-order valence-corrected chi connectivity index (χ0v) is 22.3. The molecule has 0 aliphatic carbocycles. The van der Waals surface area contributed by atoms with Crippen molar-refractivity contribution in [3.8, 4) is 11.5 Å². The first kappa shape index (κ1) is 25.7. The molecule has 3 aromatic rings. The lowest BCUT2D eigenvalue weighted by Gasteiger charge is -2.35. The van der Waals surface area contributed by atoms with E-state index in [4.69, 9.17) is 14.0 Å². The maximum Gasteiger partial charge on any atom is 0.231 e. The van der Waals surface area contributed by atoms with Crippen molar-refractivity contribution < 1.29 is 18.8 Å². The first-order chi connectivity index (χ1) is 19.2. The number of benzene rings is 2. The summed E-state index contributed by atoms with van der Waals surface area (Å²) in [7, 11) is 0. The molecule has 0 saturated carbocycles. The number of piperazine rings is 1. The first-order valence-corrected chi connectivity index (χ1v) is 14.0. The SMILES string of the molecule is O=C(C[C@@H]1CCNC[C@@H]1Cc1cc(CN2CCN(c3ccccc3)CC2)on1)NCc1ccc2c(c1)OCO2. The van der Waals surface area contributed by atoms with Crippen molar-refractivity contribution in [1.29, 1.82) is 0 Å². The van der Waals surface area contributed by atoms with Crippen molar-refractivity contribution in [1.82, 2.24) is 20.7 Å². The van der Waals surface area contributed by atoms with Crippen LogP contribution in [-0.2, 0) is 24.3 Å². The Morgan fingerprint density at radius 3 is 2.72 bits per heavy atom. The molecule has 4 heterocycles. The number of hydrogen-bond acceptors (Lipinski definition) is 8. The van der Waals surface area contributed by atoms with Crippen LogP contribution in [0.2, 0.25) is 0 Å². The summed E-state index contributed by atoms with van der Waals surface area (Å²) in [5.74, 6) is 3.16. The van der Waals surface area contributed by atoms with Crippen LogP contribution in [-0.4, -0.2) is 62.0 Å². The summed E-state index contributed by atoms with van der Waals surface area (Å²) >= 11 is 0. The molecule has 3 aliphatic heterocycles. The van der Waals surface area contributed by atoms with Crippen LogP contribution >= 0.6 is 0 Å². The van der Waals surface area contributed by atoms with Crippen LogP contribution in [0.1, 0.15) is 29.9 Å². The van der Waals surface area contributed by atoms with E-state index in [-0.39, 0.29) is 12.7 Å². The molecule has 0 unspecified atom stereocenters. The second-order valence-electron chi connectivity index (χ2n) is 10.8. The fraction of sp³-hybridized carbons (Fsp3) is 0.467. The van der Waals surface area contributed by atoms with Gasteiger partial charge in [-0.3, -0.25) is 9.69 Å². The first-order valence-electron chi connectivity index (χ1n) is 14.0. The van der Waals surface area contributed by atoms with E-state index >= 15 is 0 Å². The predicted octanol–water partition coefficient (Wildman–Crippen LogP) is 3.20. The standard InChI is InChI=1S/C30H37N5O4/c36-30(32-18-22-6-7-28-29(14-22)38-21-37-28)16-23-8-9-31-19-24(23)15-25-17-27(39-33-25)20-34-10-12-35(13-11-34)26-4-2-1-3-5-26/h1-7,14,17,23-24,31H,8-13,15-16,18-21H2,(H,32,36)/t23-,24-/m0/s1. The monoisotopic (exact) mass is 531 g/mol. The number of nitrogens with one attached hydrogen (secondary N) is 2. The number of rotatable bonds is 9. The minimum absolute atomic E-state index is 0.0834. The zero-order valence-electron chi connectivity index (χ0n) is 22.3. The summed E-state index contributed by atoms with van der Waals surface area (Å²) in [5, 5.41) is 11.0. The van der Waals surface area contributed by atoms with Crippen molar-refractivity contribution in [2.75, 3.05) is 51.0 Å². The van der Waals surface area contributed by atoms with Gasteiger partial charge in [-0.2, -0.15) is 0 Å². The van der Waals surface area contributed by atoms with Gasteiger partial charge < -0.3 is 29.5 Å². The highest BCUT2D eigenvalue weighted by Crippen LogP contribution is 2.32. The Bertz CT molecular complexity index is 1240. The van der Waals surface area contributed by atoms with Crippen LogP contribution in [0.3, 0.4) is 0 Å². The lowest BCUT2D eigenvalue weighted by Crippen LogP contribution is -2.45. The number of ether oxygens (including phenoxy) is 2. The molecule has 6 rings (SSSR count). The summed E-state index contributed by atoms with van der Waals surface area (Å²) < 4.78 is 16.5. The van der Waals surface area contributed by atoms with Crippen LogP contribution in [0.15, 0.2) is 59.1 Å². The van der Waals surface area contributed by atoms with Gasteiger partial charge in [0.25, 0.3) is 0 Å². The van der Waals surface area contributed by atoms with Crippen LogP contribution in [0.4, 0.5) is 5.69 Å². The van der Waals surface area contributed by atoms with Gasteiger partial charge in [0.15, 0.2) is 17.3 Å². The van der Waals surface area contributed by atoms with Gasteiger partial charge in [-0.1, -0.05) is 29.4 Å². The Kier molecular flexibility index (Phi) is 7.97. The molecule has 39 heavy (non-hydrogen) atoms. The summed E-state index contributed by atoms with van der Waals surface area (Å²) in [5.41, 5.74) is 3.27. The average Bonchev–Trinajstić information content (AvgIpc) is 3.63. The highest BCUT2D eigenvalue weighted by molar-refractivity contribution is 5.76. The molecule has 0 bridgehead atoms. The number of hydrogen-bond donors (Lipinski definition) is 2. The van der Waals surface area contributed by atoms with Gasteiger partial charge in [0.1, 0.15) is 0 Å². The maximum atomic E-state index is 12.8. The fourth-order valence-electron chi connectivity index (χ4n) is 5.87. The lowest BCUT2D eigenvalue weighted by atomic mass is 9.81. The Morgan fingerprint density at radius 2 is 1.85 bits per heavy atom. The van der Waals surface area contributed by atoms with Crippen molar-refractivity contribution in [3.63, 3.8) is 0 Å². The van der Waals surface area contributed by atoms with E-state index in [2.05, 4.69) is 62.0 Å². The second-order valence-corrected chi connectivity index (χ2v) is 10.8. The van der Waals surface area contributed by atoms with Crippen LogP contribution in [0.5, 0.6) is 11.5 Å². The van der Waals surface area contributed by atoms with Crippen molar-refractivity contribution in [2.24, 2.45) is 11.8 Å². The fourth-order valence-corrected chi connectivity index (χ4v) is 5.87. The number of piperidine rings is 1.